The van der Waals surface area contributed by atoms with Crippen molar-refractivity contribution >= 4 is 34.9 Å². The Morgan fingerprint density at radius 1 is 1.13 bits per heavy atom. The number of halogens is 2. The third-order valence-corrected chi connectivity index (χ3v) is 6.31. The van der Waals surface area contributed by atoms with Crippen molar-refractivity contribution in [1.29, 1.82) is 0 Å². The fourth-order valence-electron chi connectivity index (χ4n) is 3.67. The molecule has 30 heavy (non-hydrogen) atoms. The zero-order valence-electron chi connectivity index (χ0n) is 15.8. The fraction of sp³-hybridized carbons (Fsp3) is 0.182. The lowest BCUT2D eigenvalue weighted by atomic mass is 9.82. The number of carbonyl (C=O) groups is 1. The number of fused-ring (bicyclic) bond motifs is 2. The maximum Gasteiger partial charge on any atom is 0.253 e. The fourth-order valence-corrected chi connectivity index (χ4v) is 4.65. The summed E-state index contributed by atoms with van der Waals surface area (Å²) in [5.74, 6) is 0.869. The van der Waals surface area contributed by atoms with Gasteiger partial charge in [-0.3, -0.25) is 4.79 Å². The van der Waals surface area contributed by atoms with Gasteiger partial charge in [0.15, 0.2) is 5.78 Å². The Hall–Kier alpha value is -2.77. The molecule has 1 aliphatic rings. The van der Waals surface area contributed by atoms with Crippen molar-refractivity contribution in [3.63, 3.8) is 0 Å². The molecule has 150 valence electrons. The summed E-state index contributed by atoms with van der Waals surface area (Å²) in [5.41, 5.74) is 3.32. The zero-order valence-corrected chi connectivity index (χ0v) is 17.3. The summed E-state index contributed by atoms with van der Waals surface area (Å²) < 4.78 is 14.8. The number of Topliss-reactive ketones (excluding diaryl/α,β-unsaturated/α-hetero) is 1. The van der Waals surface area contributed by atoms with Gasteiger partial charge in [0.25, 0.3) is 5.78 Å². The molecule has 5 nitrogen and oxygen atoms in total. The van der Waals surface area contributed by atoms with Crippen LogP contribution < -0.4 is 0 Å². The number of thioether (sulfide) groups is 1. The highest BCUT2D eigenvalue weighted by atomic mass is 35.5. The van der Waals surface area contributed by atoms with Crippen molar-refractivity contribution in [2.75, 3.05) is 0 Å². The first kappa shape index (κ1) is 19.2. The van der Waals surface area contributed by atoms with E-state index < -0.39 is 0 Å². The predicted molar refractivity (Wildman–Crippen MR) is 114 cm³/mol. The summed E-state index contributed by atoms with van der Waals surface area (Å²) in [5, 5.41) is 5.74. The Kier molecular flexibility index (Phi) is 5.00. The SMILES string of the molecule is O=C1C[C@@H](c2ccc(F)cc2)Cc2nc3nc(SCc4cccc(Cl)c4)nn3cc21. The van der Waals surface area contributed by atoms with Gasteiger partial charge >= 0.3 is 0 Å². The molecule has 2 aromatic heterocycles. The predicted octanol–water partition coefficient (Wildman–Crippen LogP) is 5.12. The summed E-state index contributed by atoms with van der Waals surface area (Å²) in [6, 6.07) is 14.0. The van der Waals surface area contributed by atoms with E-state index in [2.05, 4.69) is 15.1 Å². The van der Waals surface area contributed by atoms with Crippen LogP contribution in [0.1, 0.15) is 39.5 Å². The van der Waals surface area contributed by atoms with Crippen LogP contribution in [-0.2, 0) is 12.2 Å². The highest BCUT2D eigenvalue weighted by molar-refractivity contribution is 7.98. The molecule has 2 aromatic carbocycles. The average molecular weight is 439 g/mol. The molecule has 0 bridgehead atoms. The second-order valence-corrected chi connectivity index (χ2v) is 8.62. The minimum absolute atomic E-state index is 0.0138. The molecule has 0 fully saturated rings. The Balaban J connectivity index is 1.40. The van der Waals surface area contributed by atoms with Crippen molar-refractivity contribution in [1.82, 2.24) is 19.6 Å². The van der Waals surface area contributed by atoms with Gasteiger partial charge in [-0.25, -0.2) is 13.9 Å². The maximum atomic E-state index is 13.2. The average Bonchev–Trinajstić information content (AvgIpc) is 3.13. The van der Waals surface area contributed by atoms with Crippen LogP contribution in [0.2, 0.25) is 5.02 Å². The molecule has 0 amide bonds. The smallest absolute Gasteiger partial charge is 0.253 e. The minimum atomic E-state index is -0.285. The topological polar surface area (TPSA) is 60.2 Å². The van der Waals surface area contributed by atoms with E-state index in [1.54, 1.807) is 22.8 Å². The van der Waals surface area contributed by atoms with Gasteiger partial charge in [0, 0.05) is 23.4 Å². The van der Waals surface area contributed by atoms with Crippen molar-refractivity contribution in [3.8, 4) is 0 Å². The lowest BCUT2D eigenvalue weighted by molar-refractivity contribution is 0.0962. The number of hydrogen-bond acceptors (Lipinski definition) is 5. The van der Waals surface area contributed by atoms with E-state index in [0.29, 0.717) is 45.8 Å². The molecule has 0 spiro atoms. The van der Waals surface area contributed by atoms with E-state index >= 15 is 0 Å². The van der Waals surface area contributed by atoms with E-state index in [1.807, 2.05) is 24.3 Å². The van der Waals surface area contributed by atoms with Gasteiger partial charge < -0.3 is 0 Å². The molecule has 0 unspecified atom stereocenters. The van der Waals surface area contributed by atoms with Crippen LogP contribution in [0.5, 0.6) is 0 Å². The number of hydrogen-bond donors (Lipinski definition) is 0. The maximum absolute atomic E-state index is 13.2. The molecule has 0 saturated carbocycles. The molecule has 0 aliphatic heterocycles. The monoisotopic (exact) mass is 438 g/mol. The van der Waals surface area contributed by atoms with Crippen LogP contribution in [0.25, 0.3) is 5.78 Å². The van der Waals surface area contributed by atoms with Crippen molar-refractivity contribution < 1.29 is 9.18 Å². The lowest BCUT2D eigenvalue weighted by Crippen LogP contribution is -2.21. The number of benzene rings is 2. The Bertz CT molecular complexity index is 1260. The van der Waals surface area contributed by atoms with Crippen molar-refractivity contribution in [2.24, 2.45) is 0 Å². The summed E-state index contributed by atoms with van der Waals surface area (Å²) >= 11 is 7.52. The van der Waals surface area contributed by atoms with Gasteiger partial charge in [0.05, 0.1) is 11.3 Å². The lowest BCUT2D eigenvalue weighted by Gasteiger charge is -2.23. The van der Waals surface area contributed by atoms with Crippen molar-refractivity contribution in [2.45, 2.75) is 29.7 Å². The molecule has 2 heterocycles. The van der Waals surface area contributed by atoms with Crippen LogP contribution in [0.4, 0.5) is 4.39 Å². The van der Waals surface area contributed by atoms with Gasteiger partial charge in [0.2, 0.25) is 5.16 Å². The highest BCUT2D eigenvalue weighted by Crippen LogP contribution is 2.32. The van der Waals surface area contributed by atoms with E-state index in [0.717, 1.165) is 11.1 Å². The van der Waals surface area contributed by atoms with Gasteiger partial charge in [-0.05, 0) is 47.7 Å². The quantitative estimate of drug-likeness (QED) is 0.414. The summed E-state index contributed by atoms with van der Waals surface area (Å²) in [6.07, 6.45) is 2.70. The first-order valence-electron chi connectivity index (χ1n) is 9.47. The van der Waals surface area contributed by atoms with Crippen LogP contribution in [0.15, 0.2) is 59.9 Å². The van der Waals surface area contributed by atoms with E-state index in [-0.39, 0.29) is 17.5 Å². The molecule has 0 N–H and O–H groups in total. The number of carbonyl (C=O) groups excluding carboxylic acids is 1. The number of nitrogens with zero attached hydrogens (tertiary/aromatic N) is 4. The molecular weight excluding hydrogens is 423 g/mol. The van der Waals surface area contributed by atoms with Gasteiger partial charge in [-0.1, -0.05) is 47.6 Å². The Morgan fingerprint density at radius 2 is 1.97 bits per heavy atom. The highest BCUT2D eigenvalue weighted by Gasteiger charge is 2.28. The van der Waals surface area contributed by atoms with Crippen LogP contribution in [0, 0.1) is 5.82 Å². The van der Waals surface area contributed by atoms with Crippen LogP contribution >= 0.6 is 23.4 Å². The van der Waals surface area contributed by atoms with Gasteiger partial charge in [-0.15, -0.1) is 5.10 Å². The normalized spacial score (nSPS) is 16.1. The number of rotatable bonds is 4. The van der Waals surface area contributed by atoms with Crippen molar-refractivity contribution in [3.05, 3.63) is 88.0 Å². The Morgan fingerprint density at radius 3 is 2.77 bits per heavy atom. The van der Waals surface area contributed by atoms with E-state index in [4.69, 9.17) is 11.6 Å². The number of ketones is 1. The summed E-state index contributed by atoms with van der Waals surface area (Å²) in [7, 11) is 0. The molecule has 8 heteroatoms. The first-order valence-corrected chi connectivity index (χ1v) is 10.8. The van der Waals surface area contributed by atoms with Crippen LogP contribution in [-0.4, -0.2) is 25.4 Å². The molecular formula is C22H16ClFN4OS. The van der Waals surface area contributed by atoms with E-state index in [9.17, 15) is 9.18 Å². The molecule has 5 rings (SSSR count). The summed E-state index contributed by atoms with van der Waals surface area (Å²) in [6.45, 7) is 0. The zero-order chi connectivity index (χ0) is 20.7. The molecule has 0 saturated heterocycles. The van der Waals surface area contributed by atoms with Gasteiger partial charge in [-0.2, -0.15) is 4.98 Å². The molecule has 1 aliphatic carbocycles. The second-order valence-electron chi connectivity index (χ2n) is 7.24. The van der Waals surface area contributed by atoms with Gasteiger partial charge in [0.1, 0.15) is 5.82 Å². The third kappa shape index (κ3) is 3.82. The molecule has 4 aromatic rings. The largest absolute Gasteiger partial charge is 0.294 e. The first-order chi connectivity index (χ1) is 14.5. The Labute approximate surface area is 181 Å². The minimum Gasteiger partial charge on any atom is -0.294 e. The van der Waals surface area contributed by atoms with Crippen LogP contribution in [0.3, 0.4) is 0 Å². The third-order valence-electron chi connectivity index (χ3n) is 5.16. The van der Waals surface area contributed by atoms with E-state index in [1.165, 1.54) is 23.9 Å². The molecule has 1 atom stereocenters. The molecule has 0 radical (unpaired) electrons. The number of aromatic nitrogens is 4. The summed E-state index contributed by atoms with van der Waals surface area (Å²) in [4.78, 5) is 21.8. The standard InChI is InChI=1S/C22H16ClFN4OS/c23-16-3-1-2-13(8-16)12-30-22-26-21-25-19-9-15(14-4-6-17(24)7-5-14)10-20(29)18(19)11-28(21)27-22/h1-8,11,15H,9-10,12H2/t15-/m0/s1. The second kappa shape index (κ2) is 7.81.